The molecule has 0 bridgehead atoms. The summed E-state index contributed by atoms with van der Waals surface area (Å²) >= 11 is 0. The normalized spacial score (nSPS) is 15.8. The van der Waals surface area contributed by atoms with E-state index in [0.29, 0.717) is 6.42 Å². The number of rotatable bonds is 6. The van der Waals surface area contributed by atoms with Gasteiger partial charge in [-0.1, -0.05) is 18.6 Å². The van der Waals surface area contributed by atoms with E-state index in [1.54, 1.807) is 7.11 Å². The predicted molar refractivity (Wildman–Crippen MR) is 80.0 cm³/mol. The minimum absolute atomic E-state index is 0.0900. The molecule has 0 unspecified atom stereocenters. The van der Waals surface area contributed by atoms with Crippen molar-refractivity contribution in [1.29, 1.82) is 0 Å². The Kier molecular flexibility index (Phi) is 5.87. The van der Waals surface area contributed by atoms with Gasteiger partial charge in [-0.25, -0.2) is 0 Å². The van der Waals surface area contributed by atoms with Crippen molar-refractivity contribution >= 4 is 5.91 Å². The van der Waals surface area contributed by atoms with Gasteiger partial charge in [-0.3, -0.25) is 4.79 Å². The fraction of sp³-hybridized carbons (Fsp3) is 0.562. The van der Waals surface area contributed by atoms with Crippen molar-refractivity contribution in [3.8, 4) is 5.75 Å². The van der Waals surface area contributed by atoms with E-state index in [2.05, 4.69) is 10.2 Å². The number of hydrogen-bond acceptors (Lipinski definition) is 3. The maximum atomic E-state index is 11.8. The molecular weight excluding hydrogens is 252 g/mol. The molecule has 1 heterocycles. The molecule has 110 valence electrons. The minimum atomic E-state index is 0.0900. The van der Waals surface area contributed by atoms with Gasteiger partial charge < -0.3 is 15.0 Å². The molecule has 1 aromatic rings. The number of methoxy groups -OCH3 is 1. The van der Waals surface area contributed by atoms with Crippen LogP contribution in [-0.4, -0.2) is 44.1 Å². The van der Waals surface area contributed by atoms with Crippen LogP contribution in [0.15, 0.2) is 24.3 Å². The fourth-order valence-corrected chi connectivity index (χ4v) is 2.53. The summed E-state index contributed by atoms with van der Waals surface area (Å²) in [6, 6.07) is 7.64. The SMILES string of the molecule is COc1ccc(CC(=O)NCCN2CCCCC2)cc1. The van der Waals surface area contributed by atoms with Crippen LogP contribution in [0.4, 0.5) is 0 Å². The third-order valence-corrected chi connectivity index (χ3v) is 3.72. The number of benzene rings is 1. The number of carbonyl (C=O) groups excluding carboxylic acids is 1. The van der Waals surface area contributed by atoms with Crippen molar-refractivity contribution in [3.05, 3.63) is 29.8 Å². The van der Waals surface area contributed by atoms with Crippen LogP contribution >= 0.6 is 0 Å². The largest absolute Gasteiger partial charge is 0.497 e. The first-order valence-corrected chi connectivity index (χ1v) is 7.40. The van der Waals surface area contributed by atoms with Crippen molar-refractivity contribution in [2.75, 3.05) is 33.3 Å². The van der Waals surface area contributed by atoms with Gasteiger partial charge in [0.05, 0.1) is 13.5 Å². The Morgan fingerprint density at radius 2 is 1.90 bits per heavy atom. The van der Waals surface area contributed by atoms with E-state index in [1.807, 2.05) is 24.3 Å². The summed E-state index contributed by atoms with van der Waals surface area (Å²) < 4.78 is 5.10. The smallest absolute Gasteiger partial charge is 0.224 e. The highest BCUT2D eigenvalue weighted by atomic mass is 16.5. The highest BCUT2D eigenvalue weighted by molar-refractivity contribution is 5.78. The second-order valence-corrected chi connectivity index (χ2v) is 5.28. The predicted octanol–water partition coefficient (Wildman–Crippen LogP) is 1.84. The number of hydrogen-bond donors (Lipinski definition) is 1. The number of piperidine rings is 1. The molecule has 1 aliphatic heterocycles. The summed E-state index contributed by atoms with van der Waals surface area (Å²) in [4.78, 5) is 14.3. The first kappa shape index (κ1) is 14.9. The minimum Gasteiger partial charge on any atom is -0.497 e. The van der Waals surface area contributed by atoms with Gasteiger partial charge in [0, 0.05) is 13.1 Å². The third-order valence-electron chi connectivity index (χ3n) is 3.72. The quantitative estimate of drug-likeness (QED) is 0.862. The van der Waals surface area contributed by atoms with Crippen LogP contribution in [0, 0.1) is 0 Å². The summed E-state index contributed by atoms with van der Waals surface area (Å²) in [5.74, 6) is 0.909. The highest BCUT2D eigenvalue weighted by Gasteiger charge is 2.10. The molecule has 1 N–H and O–H groups in total. The monoisotopic (exact) mass is 276 g/mol. The molecule has 0 aliphatic carbocycles. The lowest BCUT2D eigenvalue weighted by molar-refractivity contribution is -0.120. The lowest BCUT2D eigenvalue weighted by Gasteiger charge is -2.26. The average Bonchev–Trinajstić information content (AvgIpc) is 2.49. The lowest BCUT2D eigenvalue weighted by Crippen LogP contribution is -2.38. The summed E-state index contributed by atoms with van der Waals surface area (Å²) in [6.07, 6.45) is 4.36. The first-order valence-electron chi connectivity index (χ1n) is 7.40. The van der Waals surface area contributed by atoms with E-state index in [1.165, 1.54) is 32.4 Å². The summed E-state index contributed by atoms with van der Waals surface area (Å²) in [5, 5.41) is 3.00. The molecule has 4 nitrogen and oxygen atoms in total. The van der Waals surface area contributed by atoms with Gasteiger partial charge >= 0.3 is 0 Å². The summed E-state index contributed by atoms with van der Waals surface area (Å²) in [5.41, 5.74) is 1.02. The van der Waals surface area contributed by atoms with Crippen LogP contribution in [0.2, 0.25) is 0 Å². The zero-order chi connectivity index (χ0) is 14.2. The number of likely N-dealkylation sites (tertiary alicyclic amines) is 1. The molecule has 20 heavy (non-hydrogen) atoms. The van der Waals surface area contributed by atoms with Gasteiger partial charge in [-0.2, -0.15) is 0 Å². The second-order valence-electron chi connectivity index (χ2n) is 5.28. The third kappa shape index (κ3) is 4.85. The van der Waals surface area contributed by atoms with Crippen molar-refractivity contribution in [2.24, 2.45) is 0 Å². The Morgan fingerprint density at radius 3 is 2.55 bits per heavy atom. The van der Waals surface area contributed by atoms with Crippen LogP contribution in [0.5, 0.6) is 5.75 Å². The fourth-order valence-electron chi connectivity index (χ4n) is 2.53. The number of amides is 1. The van der Waals surface area contributed by atoms with Crippen LogP contribution in [0.1, 0.15) is 24.8 Å². The van der Waals surface area contributed by atoms with E-state index in [0.717, 1.165) is 24.4 Å². The zero-order valence-corrected chi connectivity index (χ0v) is 12.2. The molecule has 1 fully saturated rings. The molecule has 1 aromatic carbocycles. The maximum Gasteiger partial charge on any atom is 0.224 e. The van der Waals surface area contributed by atoms with Crippen molar-refractivity contribution in [2.45, 2.75) is 25.7 Å². The number of carbonyl (C=O) groups is 1. The number of nitrogens with one attached hydrogen (secondary N) is 1. The second kappa shape index (κ2) is 7.90. The molecule has 0 aromatic heterocycles. The maximum absolute atomic E-state index is 11.8. The first-order chi connectivity index (χ1) is 9.78. The van der Waals surface area contributed by atoms with Gasteiger partial charge in [-0.15, -0.1) is 0 Å². The van der Waals surface area contributed by atoms with E-state index < -0.39 is 0 Å². The van der Waals surface area contributed by atoms with Crippen molar-refractivity contribution < 1.29 is 9.53 Å². The highest BCUT2D eigenvalue weighted by Crippen LogP contribution is 2.11. The Morgan fingerprint density at radius 1 is 1.20 bits per heavy atom. The van der Waals surface area contributed by atoms with Crippen LogP contribution in [0.3, 0.4) is 0 Å². The lowest BCUT2D eigenvalue weighted by atomic mass is 10.1. The molecule has 1 saturated heterocycles. The Labute approximate surface area is 121 Å². The van der Waals surface area contributed by atoms with E-state index in [9.17, 15) is 4.79 Å². The zero-order valence-electron chi connectivity index (χ0n) is 12.2. The van der Waals surface area contributed by atoms with E-state index in [-0.39, 0.29) is 5.91 Å². The molecule has 0 radical (unpaired) electrons. The number of nitrogens with zero attached hydrogens (tertiary/aromatic N) is 1. The molecule has 4 heteroatoms. The van der Waals surface area contributed by atoms with Crippen LogP contribution < -0.4 is 10.1 Å². The summed E-state index contributed by atoms with van der Waals surface area (Å²) in [6.45, 7) is 4.06. The molecule has 0 atom stereocenters. The standard InChI is InChI=1S/C16H24N2O2/c1-20-15-7-5-14(6-8-15)13-16(19)17-9-12-18-10-3-2-4-11-18/h5-8H,2-4,9-13H2,1H3,(H,17,19). The van der Waals surface area contributed by atoms with E-state index >= 15 is 0 Å². The Balaban J connectivity index is 1.66. The molecule has 0 saturated carbocycles. The average molecular weight is 276 g/mol. The van der Waals surface area contributed by atoms with Crippen molar-refractivity contribution in [1.82, 2.24) is 10.2 Å². The van der Waals surface area contributed by atoms with Crippen molar-refractivity contribution in [3.63, 3.8) is 0 Å². The van der Waals surface area contributed by atoms with Gasteiger partial charge in [0.25, 0.3) is 0 Å². The molecule has 2 rings (SSSR count). The molecule has 1 amide bonds. The molecular formula is C16H24N2O2. The molecule has 0 spiro atoms. The van der Waals surface area contributed by atoms with Crippen LogP contribution in [0.25, 0.3) is 0 Å². The topological polar surface area (TPSA) is 41.6 Å². The van der Waals surface area contributed by atoms with Gasteiger partial charge in [0.1, 0.15) is 5.75 Å². The van der Waals surface area contributed by atoms with Gasteiger partial charge in [0.15, 0.2) is 0 Å². The van der Waals surface area contributed by atoms with E-state index in [4.69, 9.17) is 4.74 Å². The van der Waals surface area contributed by atoms with Gasteiger partial charge in [-0.05, 0) is 43.6 Å². The Hall–Kier alpha value is -1.55. The van der Waals surface area contributed by atoms with Gasteiger partial charge in [0.2, 0.25) is 5.91 Å². The van der Waals surface area contributed by atoms with Crippen LogP contribution in [-0.2, 0) is 11.2 Å². The summed E-state index contributed by atoms with van der Waals surface area (Å²) in [7, 11) is 1.64. The number of ether oxygens (including phenoxy) is 1. The Bertz CT molecular complexity index is 411. The molecule has 1 aliphatic rings.